The average Bonchev–Trinajstić information content (AvgIpc) is 2.80. The predicted molar refractivity (Wildman–Crippen MR) is 172 cm³/mol. The van der Waals surface area contributed by atoms with Crippen molar-refractivity contribution in [2.24, 2.45) is 0 Å². The Hall–Kier alpha value is -0.960. The topological polar surface area (TPSA) is 235 Å². The van der Waals surface area contributed by atoms with Crippen LogP contribution in [0, 0.1) is 0 Å². The monoisotopic (exact) mass is 856 g/mol. The first-order valence-corrected chi connectivity index (χ1v) is 24.2. The van der Waals surface area contributed by atoms with Gasteiger partial charge in [-0.05, 0) is 48.6 Å². The third-order valence-corrected chi connectivity index (χ3v) is 8.40. The van der Waals surface area contributed by atoms with Crippen LogP contribution in [0.4, 0.5) is 11.4 Å². The van der Waals surface area contributed by atoms with E-state index >= 15 is 0 Å². The Morgan fingerprint density at radius 3 is 1.30 bits per heavy atom. The zero-order chi connectivity index (χ0) is 35.1. The molecule has 0 saturated heterocycles. The summed E-state index contributed by atoms with van der Waals surface area (Å²) in [5.74, 6) is -1.55. The molecule has 0 aromatic heterocycles. The first-order chi connectivity index (χ1) is 19.3. The van der Waals surface area contributed by atoms with Crippen molar-refractivity contribution in [3.8, 4) is 0 Å². The molecule has 2 amide bonds. The van der Waals surface area contributed by atoms with E-state index in [1.54, 1.807) is 0 Å². The van der Waals surface area contributed by atoms with Crippen molar-refractivity contribution in [2.75, 3.05) is 10.6 Å². The van der Waals surface area contributed by atoms with Crippen LogP contribution in [0.25, 0.3) is 0 Å². The van der Waals surface area contributed by atoms with Crippen LogP contribution in [-0.4, -0.2) is 54.6 Å². The van der Waals surface area contributed by atoms with Crippen LogP contribution in [0.3, 0.4) is 0 Å². The zero-order valence-electron chi connectivity index (χ0n) is 20.7. The van der Waals surface area contributed by atoms with E-state index in [-0.39, 0.29) is 10.6 Å². The Labute approximate surface area is 284 Å². The number of halogens is 7. The summed E-state index contributed by atoms with van der Waals surface area (Å²) in [6, 6.07) is 4.97. The van der Waals surface area contributed by atoms with Crippen molar-refractivity contribution in [3.05, 3.63) is 61.7 Å². The second-order valence-corrected chi connectivity index (χ2v) is 31.7. The van der Waals surface area contributed by atoms with Crippen LogP contribution in [0.2, 0.25) is 0 Å². The SMILES string of the molecule is C=CC(=O)Nc1cc(S(=O)(=O)Cl)ccc1S(=O)(=O)Cl.C=CC(=O)Nc1cc(S(=O)(=O)O)ccc1S(=O)(=O)O.ClP(Cl)(Cl)(Cl)Cl. The van der Waals surface area contributed by atoms with Crippen LogP contribution in [-0.2, 0) is 47.9 Å². The van der Waals surface area contributed by atoms with E-state index in [1.807, 2.05) is 5.32 Å². The van der Waals surface area contributed by atoms with Gasteiger partial charge in [-0.15, -0.1) is 0 Å². The molecule has 2 aromatic rings. The van der Waals surface area contributed by atoms with Crippen LogP contribution in [0.1, 0.15) is 0 Å². The number of benzene rings is 2. The second kappa shape index (κ2) is 15.8. The summed E-state index contributed by atoms with van der Waals surface area (Å²) in [5, 5.41) is 4.14. The molecule has 2 aromatic carbocycles. The van der Waals surface area contributed by atoms with E-state index in [0.717, 1.165) is 42.5 Å². The summed E-state index contributed by atoms with van der Waals surface area (Å²) in [7, 11) is -7.20. The van der Waals surface area contributed by atoms with Gasteiger partial charge in [0.2, 0.25) is 11.8 Å². The molecular formula is C18H16Cl7N2O12PS4. The molecule has 0 aliphatic carbocycles. The van der Waals surface area contributed by atoms with E-state index in [9.17, 15) is 43.3 Å². The molecule has 0 radical (unpaired) electrons. The van der Waals surface area contributed by atoms with Gasteiger partial charge in [-0.25, -0.2) is 16.8 Å². The van der Waals surface area contributed by atoms with E-state index in [4.69, 9.17) is 86.7 Å². The van der Waals surface area contributed by atoms with Crippen molar-refractivity contribution < 1.29 is 52.4 Å². The summed E-state index contributed by atoms with van der Waals surface area (Å²) >= 11 is 24.9. The van der Waals surface area contributed by atoms with Crippen molar-refractivity contribution >= 4 is 142 Å². The first kappa shape index (κ1) is 43.0. The minimum absolute atomic E-state index is 0.304. The quantitative estimate of drug-likeness (QED) is 0.0994. The van der Waals surface area contributed by atoms with Gasteiger partial charge in [0.05, 0.1) is 21.2 Å². The molecule has 0 fully saturated rings. The van der Waals surface area contributed by atoms with Crippen molar-refractivity contribution in [2.45, 2.75) is 19.6 Å². The van der Waals surface area contributed by atoms with E-state index in [0.29, 0.717) is 6.07 Å². The third-order valence-electron chi connectivity index (χ3n) is 3.91. The number of amides is 2. The Morgan fingerprint density at radius 2 is 0.977 bits per heavy atom. The van der Waals surface area contributed by atoms with E-state index in [2.05, 4.69) is 18.5 Å². The zero-order valence-corrected chi connectivity index (χ0v) is 30.2. The summed E-state index contributed by atoms with van der Waals surface area (Å²) in [4.78, 5) is 20.1. The fourth-order valence-electron chi connectivity index (χ4n) is 2.33. The average molecular weight is 860 g/mol. The van der Waals surface area contributed by atoms with Crippen LogP contribution < -0.4 is 10.6 Å². The van der Waals surface area contributed by atoms with Gasteiger partial charge in [0.15, 0.2) is 0 Å². The Balaban J connectivity index is 0.000000710. The molecule has 248 valence electrons. The fraction of sp³-hybridized carbons (Fsp3) is 0. The van der Waals surface area contributed by atoms with Crippen LogP contribution >= 0.6 is 80.9 Å². The van der Waals surface area contributed by atoms with Gasteiger partial charge < -0.3 is 10.6 Å². The van der Waals surface area contributed by atoms with E-state index < -0.39 is 73.9 Å². The molecule has 2 rings (SSSR count). The predicted octanol–water partition coefficient (Wildman–Crippen LogP) is 6.28. The summed E-state index contributed by atoms with van der Waals surface area (Å²) in [5.41, 5.74) is -0.802. The number of rotatable bonds is 8. The number of carbonyl (C=O) groups is 2. The van der Waals surface area contributed by atoms with Gasteiger partial charge in [0, 0.05) is 21.4 Å². The third kappa shape index (κ3) is 17.7. The number of hydrogen-bond donors (Lipinski definition) is 4. The van der Waals surface area contributed by atoms with Crippen LogP contribution in [0.15, 0.2) is 81.3 Å². The molecule has 0 aliphatic heterocycles. The molecule has 0 unspecified atom stereocenters. The molecule has 0 spiro atoms. The summed E-state index contributed by atoms with van der Waals surface area (Å²) in [6.45, 7) is 6.31. The molecule has 4 N–H and O–H groups in total. The molecular weight excluding hydrogens is 844 g/mol. The van der Waals surface area contributed by atoms with Gasteiger partial charge in [0.25, 0.3) is 38.3 Å². The molecule has 26 heteroatoms. The van der Waals surface area contributed by atoms with Crippen molar-refractivity contribution in [1.82, 2.24) is 0 Å². The van der Waals surface area contributed by atoms with Gasteiger partial charge in [-0.1, -0.05) is 13.2 Å². The van der Waals surface area contributed by atoms with E-state index in [1.165, 1.54) is 0 Å². The maximum atomic E-state index is 11.3. The number of carbonyl (C=O) groups excluding carboxylic acids is 2. The molecule has 0 bridgehead atoms. The minimum atomic E-state index is -4.68. The van der Waals surface area contributed by atoms with Gasteiger partial charge >= 0.3 is 59.6 Å². The standard InChI is InChI=1S/C9H7Cl2NO5S2.C9H9NO7S2.Cl5P/c1-2-9(13)12-7-5-6(18(10,14)15)3-4-8(7)19(11,16)17;1-2-9(11)10-7-5-6(18(12,13)14)3-4-8(7)19(15,16)17;1-6(2,3,4)5/h2-5H,1H2,(H,12,13);2-5H,1H2,(H,10,11)(H,12,13,14)(H,15,16,17);. The van der Waals surface area contributed by atoms with Crippen molar-refractivity contribution in [3.63, 3.8) is 0 Å². The second-order valence-electron chi connectivity index (χ2n) is 7.17. The number of anilines is 2. The number of hydrogen-bond acceptors (Lipinski definition) is 10. The Kier molecular flexibility index (Phi) is 15.4. The Bertz CT molecular complexity index is 1770. The summed E-state index contributed by atoms with van der Waals surface area (Å²) < 4.78 is 103. The molecule has 14 nitrogen and oxygen atoms in total. The maximum absolute atomic E-state index is 11.3. The van der Waals surface area contributed by atoms with Crippen LogP contribution in [0.5, 0.6) is 0 Å². The fourth-order valence-corrected chi connectivity index (χ4v) is 5.25. The molecule has 0 atom stereocenters. The molecule has 0 heterocycles. The summed E-state index contributed by atoms with van der Waals surface area (Å²) in [6.07, 6.45) is 1.69. The number of nitrogens with one attached hydrogen (secondary N) is 2. The Morgan fingerprint density at radius 1 is 0.636 bits per heavy atom. The molecule has 0 aliphatic rings. The van der Waals surface area contributed by atoms with Gasteiger partial charge in [-0.2, -0.15) is 16.8 Å². The van der Waals surface area contributed by atoms with Crippen molar-refractivity contribution in [1.29, 1.82) is 0 Å². The molecule has 44 heavy (non-hydrogen) atoms. The molecule has 0 saturated carbocycles. The normalized spacial score (nSPS) is 12.9. The first-order valence-electron chi connectivity index (χ1n) is 9.95. The van der Waals surface area contributed by atoms with Gasteiger partial charge in [-0.3, -0.25) is 18.7 Å². The van der Waals surface area contributed by atoms with Gasteiger partial charge in [0.1, 0.15) is 9.79 Å².